The average molecular weight is 346 g/mol. The fourth-order valence-electron chi connectivity index (χ4n) is 2.41. The predicted octanol–water partition coefficient (Wildman–Crippen LogP) is 3.73. The molecule has 0 saturated carbocycles. The first-order valence-electron chi connectivity index (χ1n) is 8.08. The number of anilines is 1. The number of aliphatic hydroxyl groups excluding tert-OH is 1. The molecule has 134 valence electrons. The minimum absolute atomic E-state index is 0.111. The molecule has 25 heavy (non-hydrogen) atoms. The highest BCUT2D eigenvalue weighted by molar-refractivity contribution is 5.89. The molecule has 2 N–H and O–H groups in total. The summed E-state index contributed by atoms with van der Waals surface area (Å²) in [7, 11) is 1.38. The molecule has 0 heterocycles. The van der Waals surface area contributed by atoms with E-state index < -0.39 is 18.0 Å². The molecule has 0 spiro atoms. The van der Waals surface area contributed by atoms with Crippen LogP contribution in [0, 0.1) is 12.7 Å². The van der Waals surface area contributed by atoms with Crippen LogP contribution in [0.1, 0.15) is 24.2 Å². The summed E-state index contributed by atoms with van der Waals surface area (Å²) in [6, 6.07) is 11.3. The van der Waals surface area contributed by atoms with Crippen molar-refractivity contribution in [1.82, 2.24) is 4.90 Å². The van der Waals surface area contributed by atoms with Crippen LogP contribution in [-0.4, -0.2) is 36.2 Å². The molecule has 2 aromatic rings. The van der Waals surface area contributed by atoms with E-state index >= 15 is 0 Å². The summed E-state index contributed by atoms with van der Waals surface area (Å²) < 4.78 is 18.6. The van der Waals surface area contributed by atoms with Crippen molar-refractivity contribution < 1.29 is 19.0 Å². The number of benzene rings is 2. The van der Waals surface area contributed by atoms with Gasteiger partial charge in [-0.15, -0.1) is 0 Å². The molecule has 2 rings (SSSR count). The Balaban J connectivity index is 2.02. The number of hydrogen-bond acceptors (Lipinski definition) is 3. The number of methoxy groups -OCH3 is 1. The number of carbonyl (C=O) groups is 1. The van der Waals surface area contributed by atoms with E-state index in [1.807, 2.05) is 38.1 Å². The quantitative estimate of drug-likeness (QED) is 0.838. The number of aryl methyl sites for hydroxylation is 1. The van der Waals surface area contributed by atoms with Crippen molar-refractivity contribution in [3.05, 3.63) is 59.4 Å². The molecule has 0 fully saturated rings. The van der Waals surface area contributed by atoms with Gasteiger partial charge in [-0.25, -0.2) is 9.18 Å². The molecule has 2 aromatic carbocycles. The lowest BCUT2D eigenvalue weighted by Crippen LogP contribution is -2.37. The molecule has 1 atom stereocenters. The normalized spacial score (nSPS) is 11.7. The van der Waals surface area contributed by atoms with Crippen molar-refractivity contribution in [2.75, 3.05) is 25.5 Å². The lowest BCUT2D eigenvalue weighted by molar-refractivity contribution is 0.128. The zero-order chi connectivity index (χ0) is 18.4. The topological polar surface area (TPSA) is 61.8 Å². The van der Waals surface area contributed by atoms with Crippen LogP contribution in [-0.2, 0) is 0 Å². The van der Waals surface area contributed by atoms with E-state index in [1.54, 1.807) is 6.07 Å². The molecule has 0 saturated heterocycles. The number of rotatable bonds is 6. The molecule has 0 radical (unpaired) electrons. The Morgan fingerprint density at radius 3 is 2.52 bits per heavy atom. The molecule has 2 amide bonds. The van der Waals surface area contributed by atoms with Crippen molar-refractivity contribution in [2.24, 2.45) is 0 Å². The number of nitrogens with one attached hydrogen (secondary N) is 1. The van der Waals surface area contributed by atoms with E-state index in [4.69, 9.17) is 4.74 Å². The van der Waals surface area contributed by atoms with Gasteiger partial charge in [-0.2, -0.15) is 0 Å². The Morgan fingerprint density at radius 2 is 1.96 bits per heavy atom. The third-order valence-electron chi connectivity index (χ3n) is 3.93. The van der Waals surface area contributed by atoms with E-state index in [2.05, 4.69) is 5.32 Å². The number of aliphatic hydroxyl groups is 1. The lowest BCUT2D eigenvalue weighted by Gasteiger charge is -2.24. The van der Waals surface area contributed by atoms with Gasteiger partial charge >= 0.3 is 6.03 Å². The smallest absolute Gasteiger partial charge is 0.321 e. The van der Waals surface area contributed by atoms with Crippen LogP contribution in [0.5, 0.6) is 5.75 Å². The van der Waals surface area contributed by atoms with Crippen LogP contribution in [0.15, 0.2) is 42.5 Å². The summed E-state index contributed by atoms with van der Waals surface area (Å²) >= 11 is 0. The summed E-state index contributed by atoms with van der Waals surface area (Å²) in [5.74, 6) is -0.442. The van der Waals surface area contributed by atoms with Crippen LogP contribution in [0.3, 0.4) is 0 Å². The highest BCUT2D eigenvalue weighted by atomic mass is 19.1. The number of hydrogen-bond donors (Lipinski definition) is 2. The zero-order valence-electron chi connectivity index (χ0n) is 14.6. The molecule has 5 nitrogen and oxygen atoms in total. The van der Waals surface area contributed by atoms with Gasteiger partial charge in [0.15, 0.2) is 11.6 Å². The molecule has 0 aliphatic carbocycles. The van der Waals surface area contributed by atoms with Gasteiger partial charge in [0.25, 0.3) is 0 Å². The van der Waals surface area contributed by atoms with Gasteiger partial charge in [0.05, 0.1) is 19.8 Å². The largest absolute Gasteiger partial charge is 0.494 e. The summed E-state index contributed by atoms with van der Waals surface area (Å²) in [4.78, 5) is 13.8. The fourth-order valence-corrected chi connectivity index (χ4v) is 2.41. The Bertz CT molecular complexity index is 719. The second kappa shape index (κ2) is 8.48. The third-order valence-corrected chi connectivity index (χ3v) is 3.93. The first-order chi connectivity index (χ1) is 11.9. The van der Waals surface area contributed by atoms with E-state index in [-0.39, 0.29) is 12.3 Å². The van der Waals surface area contributed by atoms with Crippen LogP contribution in [0.2, 0.25) is 0 Å². The first kappa shape index (κ1) is 18.7. The lowest BCUT2D eigenvalue weighted by atomic mass is 10.1. The Morgan fingerprint density at radius 1 is 1.28 bits per heavy atom. The van der Waals surface area contributed by atoms with Gasteiger partial charge in [-0.05, 0) is 31.5 Å². The molecule has 0 aromatic heterocycles. The third kappa shape index (κ3) is 4.93. The summed E-state index contributed by atoms with van der Waals surface area (Å²) in [6.45, 7) is 4.34. The second-order valence-electron chi connectivity index (χ2n) is 5.74. The van der Waals surface area contributed by atoms with Crippen molar-refractivity contribution in [3.8, 4) is 5.75 Å². The van der Waals surface area contributed by atoms with Crippen molar-refractivity contribution in [1.29, 1.82) is 0 Å². The Labute approximate surface area is 147 Å². The number of ether oxygens (including phenoxy) is 1. The summed E-state index contributed by atoms with van der Waals surface area (Å²) in [5, 5.41) is 13.0. The maximum absolute atomic E-state index is 13.7. The van der Waals surface area contributed by atoms with E-state index in [9.17, 15) is 14.3 Å². The number of halogens is 1. The molecule has 0 aliphatic heterocycles. The summed E-state index contributed by atoms with van der Waals surface area (Å²) in [5.41, 5.74) is 2.17. The van der Waals surface area contributed by atoms with Gasteiger partial charge in [-0.1, -0.05) is 29.8 Å². The summed E-state index contributed by atoms with van der Waals surface area (Å²) in [6.07, 6.45) is -0.793. The molecular weight excluding hydrogens is 323 g/mol. The minimum atomic E-state index is -0.793. The number of carbonyl (C=O) groups excluding carboxylic acids is 1. The standard InChI is InChI=1S/C19H23FN2O3/c1-4-22(12-17(23)14-7-5-13(2)6-8-14)19(24)21-15-9-10-18(25-3)16(20)11-15/h5-11,17,23H,4,12H2,1-3H3,(H,21,24). The SMILES string of the molecule is CCN(CC(O)c1ccc(C)cc1)C(=O)Nc1ccc(OC)c(F)c1. The maximum Gasteiger partial charge on any atom is 0.321 e. The van der Waals surface area contributed by atoms with Crippen molar-refractivity contribution in [3.63, 3.8) is 0 Å². The molecular formula is C19H23FN2O3. The number of amides is 2. The van der Waals surface area contributed by atoms with Crippen molar-refractivity contribution >= 4 is 11.7 Å². The highest BCUT2D eigenvalue weighted by Gasteiger charge is 2.18. The second-order valence-corrected chi connectivity index (χ2v) is 5.74. The van der Waals surface area contributed by atoms with Crippen molar-refractivity contribution in [2.45, 2.75) is 20.0 Å². The fraction of sp³-hybridized carbons (Fsp3) is 0.316. The number of nitrogens with zero attached hydrogens (tertiary/aromatic N) is 1. The molecule has 1 unspecified atom stereocenters. The number of likely N-dealkylation sites (N-methyl/N-ethyl adjacent to an activating group) is 1. The molecule has 0 aliphatic rings. The van der Waals surface area contributed by atoms with E-state index in [0.717, 1.165) is 11.1 Å². The predicted molar refractivity (Wildman–Crippen MR) is 95.4 cm³/mol. The maximum atomic E-state index is 13.7. The van der Waals surface area contributed by atoms with Gasteiger partial charge in [0.2, 0.25) is 0 Å². The van der Waals surface area contributed by atoms with E-state index in [0.29, 0.717) is 12.2 Å². The van der Waals surface area contributed by atoms with Crippen LogP contribution >= 0.6 is 0 Å². The van der Waals surface area contributed by atoms with Crippen LogP contribution < -0.4 is 10.1 Å². The van der Waals surface area contributed by atoms with Gasteiger partial charge in [-0.3, -0.25) is 0 Å². The first-order valence-corrected chi connectivity index (χ1v) is 8.08. The molecule has 0 bridgehead atoms. The number of urea groups is 1. The minimum Gasteiger partial charge on any atom is -0.494 e. The van der Waals surface area contributed by atoms with Gasteiger partial charge in [0, 0.05) is 18.3 Å². The Hall–Kier alpha value is -2.60. The van der Waals surface area contributed by atoms with Crippen LogP contribution in [0.4, 0.5) is 14.9 Å². The van der Waals surface area contributed by atoms with Gasteiger partial charge < -0.3 is 20.1 Å². The molecule has 6 heteroatoms. The average Bonchev–Trinajstić information content (AvgIpc) is 2.60. The Kier molecular flexibility index (Phi) is 6.36. The zero-order valence-corrected chi connectivity index (χ0v) is 14.6. The highest BCUT2D eigenvalue weighted by Crippen LogP contribution is 2.21. The monoisotopic (exact) mass is 346 g/mol. The van der Waals surface area contributed by atoms with Crippen LogP contribution in [0.25, 0.3) is 0 Å². The van der Waals surface area contributed by atoms with Gasteiger partial charge in [0.1, 0.15) is 0 Å². The van der Waals surface area contributed by atoms with E-state index in [1.165, 1.54) is 24.1 Å².